The van der Waals surface area contributed by atoms with Gasteiger partial charge in [0.15, 0.2) is 5.13 Å². The van der Waals surface area contributed by atoms with E-state index in [4.69, 9.17) is 9.47 Å². The van der Waals surface area contributed by atoms with E-state index in [2.05, 4.69) is 25.8 Å². The maximum Gasteiger partial charge on any atom is 0.301 e. The average molecular weight is 529 g/mol. The highest BCUT2D eigenvalue weighted by Gasteiger charge is 2.48. The molecule has 2 heterocycles. The van der Waals surface area contributed by atoms with Crippen molar-refractivity contribution in [3.05, 3.63) is 89.0 Å². The molecule has 1 amide bonds. The summed E-state index contributed by atoms with van der Waals surface area (Å²) in [7, 11) is 3.14. The first-order chi connectivity index (χ1) is 18.1. The minimum Gasteiger partial charge on any atom is -0.507 e. The van der Waals surface area contributed by atoms with E-state index in [0.29, 0.717) is 33.3 Å². The Bertz CT molecular complexity index is 1560. The van der Waals surface area contributed by atoms with Crippen molar-refractivity contribution in [3.8, 4) is 11.5 Å². The van der Waals surface area contributed by atoms with Gasteiger partial charge in [-0.2, -0.15) is 0 Å². The smallest absolute Gasteiger partial charge is 0.301 e. The van der Waals surface area contributed by atoms with Gasteiger partial charge in [-0.15, -0.1) is 0 Å². The van der Waals surface area contributed by atoms with Crippen molar-refractivity contribution in [1.82, 2.24) is 4.98 Å². The number of anilines is 1. The number of aromatic nitrogens is 1. The Hall–Kier alpha value is -4.17. The van der Waals surface area contributed by atoms with Crippen LogP contribution in [0.4, 0.5) is 5.13 Å². The number of hydrogen-bond acceptors (Lipinski definition) is 7. The minimum absolute atomic E-state index is 0.0144. The summed E-state index contributed by atoms with van der Waals surface area (Å²) in [5.41, 5.74) is 2.85. The van der Waals surface area contributed by atoms with E-state index >= 15 is 0 Å². The van der Waals surface area contributed by atoms with Gasteiger partial charge in [0.1, 0.15) is 17.3 Å². The molecule has 8 heteroatoms. The molecule has 0 saturated carbocycles. The van der Waals surface area contributed by atoms with Gasteiger partial charge in [-0.3, -0.25) is 14.5 Å². The quantitative estimate of drug-likeness (QED) is 0.187. The molecule has 38 heavy (non-hydrogen) atoms. The molecule has 7 nitrogen and oxygen atoms in total. The maximum atomic E-state index is 13.5. The summed E-state index contributed by atoms with van der Waals surface area (Å²) in [6, 6.07) is 19.1. The van der Waals surface area contributed by atoms with Gasteiger partial charge in [-0.05, 0) is 59.0 Å². The lowest BCUT2D eigenvalue weighted by atomic mass is 9.85. The van der Waals surface area contributed by atoms with Crippen LogP contribution in [-0.2, 0) is 15.0 Å². The molecule has 0 bridgehead atoms. The van der Waals surface area contributed by atoms with E-state index < -0.39 is 17.7 Å². The third-order valence-corrected chi connectivity index (χ3v) is 7.71. The van der Waals surface area contributed by atoms with Crippen LogP contribution in [0.2, 0.25) is 0 Å². The third-order valence-electron chi connectivity index (χ3n) is 6.69. The van der Waals surface area contributed by atoms with Gasteiger partial charge in [-0.25, -0.2) is 4.98 Å². The predicted octanol–water partition coefficient (Wildman–Crippen LogP) is 6.24. The van der Waals surface area contributed by atoms with E-state index in [9.17, 15) is 14.7 Å². The fourth-order valence-electron chi connectivity index (χ4n) is 4.54. The average Bonchev–Trinajstić information content (AvgIpc) is 3.45. The number of ether oxygens (including phenoxy) is 2. The van der Waals surface area contributed by atoms with Crippen LogP contribution in [0.1, 0.15) is 43.5 Å². The van der Waals surface area contributed by atoms with E-state index in [1.165, 1.54) is 16.2 Å². The Balaban J connectivity index is 1.69. The minimum atomic E-state index is -0.853. The molecule has 1 aromatic heterocycles. The number of nitrogens with zero attached hydrogens (tertiary/aromatic N) is 2. The van der Waals surface area contributed by atoms with Gasteiger partial charge in [0.05, 0.1) is 36.1 Å². The zero-order valence-corrected chi connectivity index (χ0v) is 22.6. The number of rotatable bonds is 5. The molecule has 1 atom stereocenters. The lowest BCUT2D eigenvalue weighted by Crippen LogP contribution is -2.29. The summed E-state index contributed by atoms with van der Waals surface area (Å²) in [4.78, 5) is 33.1. The second kappa shape index (κ2) is 9.61. The molecule has 0 aliphatic carbocycles. The fourth-order valence-corrected chi connectivity index (χ4v) is 5.56. The van der Waals surface area contributed by atoms with Crippen molar-refractivity contribution in [2.24, 2.45) is 0 Å². The molecule has 5 rings (SSSR count). The van der Waals surface area contributed by atoms with Crippen LogP contribution < -0.4 is 14.4 Å². The number of methoxy groups -OCH3 is 2. The van der Waals surface area contributed by atoms with Gasteiger partial charge in [-0.1, -0.05) is 56.4 Å². The van der Waals surface area contributed by atoms with Crippen LogP contribution in [-0.4, -0.2) is 36.0 Å². The predicted molar refractivity (Wildman–Crippen MR) is 149 cm³/mol. The van der Waals surface area contributed by atoms with Crippen molar-refractivity contribution in [3.63, 3.8) is 0 Å². The summed E-state index contributed by atoms with van der Waals surface area (Å²) in [6.45, 7) is 6.35. The van der Waals surface area contributed by atoms with Crippen LogP contribution in [0.25, 0.3) is 16.0 Å². The van der Waals surface area contributed by atoms with E-state index in [1.54, 1.807) is 44.6 Å². The number of carbonyl (C=O) groups is 2. The molecule has 3 aromatic carbocycles. The van der Waals surface area contributed by atoms with Crippen molar-refractivity contribution in [2.75, 3.05) is 19.1 Å². The summed E-state index contributed by atoms with van der Waals surface area (Å²) in [5.74, 6) is -0.470. The number of thiazole rings is 1. The Morgan fingerprint density at radius 1 is 0.921 bits per heavy atom. The van der Waals surface area contributed by atoms with Crippen LogP contribution in [0.3, 0.4) is 0 Å². The highest BCUT2D eigenvalue weighted by Crippen LogP contribution is 2.45. The number of carbonyl (C=O) groups excluding carboxylic acids is 2. The van der Waals surface area contributed by atoms with Gasteiger partial charge in [0, 0.05) is 5.56 Å². The number of benzene rings is 3. The molecule has 194 valence electrons. The number of amides is 1. The van der Waals surface area contributed by atoms with Gasteiger partial charge in [0.2, 0.25) is 0 Å². The first-order valence-electron chi connectivity index (χ1n) is 12.1. The van der Waals surface area contributed by atoms with Crippen LogP contribution in [0.5, 0.6) is 11.5 Å². The van der Waals surface area contributed by atoms with Crippen molar-refractivity contribution < 1.29 is 24.2 Å². The number of ketones is 1. The fraction of sp³-hybridized carbons (Fsp3) is 0.233. The topological polar surface area (TPSA) is 89.0 Å². The normalized spacial score (nSPS) is 17.3. The van der Waals surface area contributed by atoms with Gasteiger partial charge >= 0.3 is 5.91 Å². The highest BCUT2D eigenvalue weighted by molar-refractivity contribution is 7.22. The molecular weight excluding hydrogens is 500 g/mol. The standard InChI is InChI=1S/C30H28N2O5S/c1-30(2,3)19-10-6-17(7-11-19)25-24(26(33)18-8-12-20(36-4)13-9-18)27(34)28(35)32(25)29-31-22-15-14-21(37-5)16-23(22)38-29/h6-16,25,33H,1-5H3/t25-/m1/s1. The van der Waals surface area contributed by atoms with Crippen LogP contribution in [0, 0.1) is 0 Å². The van der Waals surface area contributed by atoms with E-state index in [0.717, 1.165) is 10.3 Å². The summed E-state index contributed by atoms with van der Waals surface area (Å²) < 4.78 is 11.4. The molecule has 1 fully saturated rings. The van der Waals surface area contributed by atoms with Crippen molar-refractivity contribution in [1.29, 1.82) is 0 Å². The number of aliphatic hydroxyl groups is 1. The Morgan fingerprint density at radius 2 is 1.55 bits per heavy atom. The SMILES string of the molecule is COc1ccc(C(O)=C2C(=O)C(=O)N(c3nc4ccc(OC)cc4s3)[C@@H]2c2ccc(C(C)(C)C)cc2)cc1. The summed E-state index contributed by atoms with van der Waals surface area (Å²) >= 11 is 1.29. The molecular formula is C30H28N2O5S. The number of hydrogen-bond donors (Lipinski definition) is 1. The monoisotopic (exact) mass is 528 g/mol. The van der Waals surface area contributed by atoms with E-state index in [1.807, 2.05) is 36.4 Å². The van der Waals surface area contributed by atoms with E-state index in [-0.39, 0.29) is 16.7 Å². The van der Waals surface area contributed by atoms with Crippen molar-refractivity contribution >= 4 is 44.1 Å². The molecule has 1 N–H and O–H groups in total. The first-order valence-corrected chi connectivity index (χ1v) is 12.9. The highest BCUT2D eigenvalue weighted by atomic mass is 32.1. The number of fused-ring (bicyclic) bond motifs is 1. The Morgan fingerprint density at radius 3 is 2.16 bits per heavy atom. The molecule has 0 unspecified atom stereocenters. The third kappa shape index (κ3) is 4.41. The number of aliphatic hydroxyl groups excluding tert-OH is 1. The summed E-state index contributed by atoms with van der Waals surface area (Å²) in [6.07, 6.45) is 0. The molecule has 4 aromatic rings. The Labute approximate surface area is 225 Å². The molecule has 0 radical (unpaired) electrons. The molecule has 1 aliphatic heterocycles. The second-order valence-corrected chi connectivity index (χ2v) is 11.1. The number of Topliss-reactive ketones (excluding diaryl/α,β-unsaturated/α-hetero) is 1. The molecule has 1 aliphatic rings. The maximum absolute atomic E-state index is 13.5. The second-order valence-electron chi connectivity index (χ2n) is 10.1. The van der Waals surface area contributed by atoms with Gasteiger partial charge < -0.3 is 14.6 Å². The zero-order valence-electron chi connectivity index (χ0n) is 21.8. The lowest BCUT2D eigenvalue weighted by molar-refractivity contribution is -0.132. The molecule has 0 spiro atoms. The lowest BCUT2D eigenvalue weighted by Gasteiger charge is -2.24. The van der Waals surface area contributed by atoms with Crippen LogP contribution >= 0.6 is 11.3 Å². The zero-order chi connectivity index (χ0) is 27.2. The van der Waals surface area contributed by atoms with Crippen LogP contribution in [0.15, 0.2) is 72.3 Å². The molecule has 1 saturated heterocycles. The van der Waals surface area contributed by atoms with Crippen molar-refractivity contribution in [2.45, 2.75) is 32.2 Å². The van der Waals surface area contributed by atoms with Gasteiger partial charge in [0.25, 0.3) is 5.78 Å². The summed E-state index contributed by atoms with van der Waals surface area (Å²) in [5, 5.41) is 11.7. The Kier molecular flexibility index (Phi) is 6.44. The largest absolute Gasteiger partial charge is 0.507 e. The first kappa shape index (κ1) is 25.5.